The smallest absolute Gasteiger partial charge is 0.291 e. The third-order valence-corrected chi connectivity index (χ3v) is 6.53. The number of nitrogens with zero attached hydrogens (tertiary/aromatic N) is 2. The number of hydrogen-bond donors (Lipinski definition) is 0. The van der Waals surface area contributed by atoms with E-state index < -0.39 is 6.04 Å². The Bertz CT molecular complexity index is 1500. The van der Waals surface area contributed by atoms with Gasteiger partial charge in [0, 0.05) is 24.0 Å². The van der Waals surface area contributed by atoms with Gasteiger partial charge < -0.3 is 18.8 Å². The largest absolute Gasteiger partial charge is 0.493 e. The molecule has 5 rings (SSSR count). The van der Waals surface area contributed by atoms with Gasteiger partial charge in [0.25, 0.3) is 5.91 Å². The number of pyridine rings is 1. The number of hydrogen-bond acceptors (Lipinski definition) is 6. The molecular formula is C27H23ClN2O5. The first-order valence-electron chi connectivity index (χ1n) is 11.2. The average molecular weight is 491 g/mol. The molecule has 0 bridgehead atoms. The molecule has 35 heavy (non-hydrogen) atoms. The molecule has 0 radical (unpaired) electrons. The topological polar surface area (TPSA) is 81.9 Å². The van der Waals surface area contributed by atoms with E-state index in [1.54, 1.807) is 54.7 Å². The van der Waals surface area contributed by atoms with E-state index in [0.717, 1.165) is 11.1 Å². The van der Waals surface area contributed by atoms with Crippen molar-refractivity contribution in [2.24, 2.45) is 0 Å². The zero-order valence-electron chi connectivity index (χ0n) is 19.5. The number of aromatic nitrogens is 1. The molecule has 3 heterocycles. The fourth-order valence-electron chi connectivity index (χ4n) is 4.47. The lowest BCUT2D eigenvalue weighted by Gasteiger charge is -2.25. The van der Waals surface area contributed by atoms with Crippen LogP contribution in [-0.4, -0.2) is 29.5 Å². The molecule has 0 saturated heterocycles. The molecular weight excluding hydrogens is 468 g/mol. The fourth-order valence-corrected chi connectivity index (χ4v) is 4.63. The highest BCUT2D eigenvalue weighted by Gasteiger charge is 2.43. The van der Waals surface area contributed by atoms with Crippen LogP contribution in [0.3, 0.4) is 0 Å². The molecule has 0 aliphatic carbocycles. The van der Waals surface area contributed by atoms with Crippen molar-refractivity contribution in [2.75, 3.05) is 13.7 Å². The van der Waals surface area contributed by atoms with Gasteiger partial charge in [0.15, 0.2) is 16.9 Å². The summed E-state index contributed by atoms with van der Waals surface area (Å²) in [4.78, 5) is 33.2. The van der Waals surface area contributed by atoms with E-state index in [1.807, 2.05) is 26.0 Å². The quantitative estimate of drug-likeness (QED) is 0.364. The third kappa shape index (κ3) is 3.91. The highest BCUT2D eigenvalue weighted by Crippen LogP contribution is 2.42. The summed E-state index contributed by atoms with van der Waals surface area (Å²) in [7, 11) is 1.55. The second-order valence-corrected chi connectivity index (χ2v) is 8.72. The Hall–Kier alpha value is -3.84. The Morgan fingerprint density at radius 3 is 2.69 bits per heavy atom. The Balaban J connectivity index is 1.73. The van der Waals surface area contributed by atoms with Crippen molar-refractivity contribution in [1.82, 2.24) is 9.88 Å². The molecule has 0 spiro atoms. The summed E-state index contributed by atoms with van der Waals surface area (Å²) in [5.41, 5.74) is 2.60. The number of fused-ring (bicyclic) bond motifs is 2. The number of benzene rings is 2. The molecule has 2 aromatic heterocycles. The number of amides is 1. The Labute approximate surface area is 206 Å². The Morgan fingerprint density at radius 2 is 1.97 bits per heavy atom. The minimum Gasteiger partial charge on any atom is -0.493 e. The first-order chi connectivity index (χ1) is 16.9. The minimum absolute atomic E-state index is 0.0333. The minimum atomic E-state index is -0.692. The zero-order valence-corrected chi connectivity index (χ0v) is 20.3. The number of carbonyl (C=O) groups excluding carboxylic acids is 1. The summed E-state index contributed by atoms with van der Waals surface area (Å²) < 4.78 is 17.2. The third-order valence-electron chi connectivity index (χ3n) is 6.13. The van der Waals surface area contributed by atoms with Crippen LogP contribution < -0.4 is 14.9 Å². The lowest BCUT2D eigenvalue weighted by molar-refractivity contribution is 0.0714. The van der Waals surface area contributed by atoms with Gasteiger partial charge >= 0.3 is 0 Å². The summed E-state index contributed by atoms with van der Waals surface area (Å²) >= 11 is 6.32. The van der Waals surface area contributed by atoms with Crippen LogP contribution in [0.15, 0.2) is 64.1 Å². The highest BCUT2D eigenvalue weighted by molar-refractivity contribution is 6.32. The van der Waals surface area contributed by atoms with Crippen LogP contribution in [0, 0.1) is 6.92 Å². The second kappa shape index (κ2) is 9.07. The molecule has 0 N–H and O–H groups in total. The van der Waals surface area contributed by atoms with Crippen molar-refractivity contribution in [2.45, 2.75) is 26.4 Å². The Kier molecular flexibility index (Phi) is 5.94. The molecule has 1 amide bonds. The van der Waals surface area contributed by atoms with Crippen LogP contribution in [0.2, 0.25) is 5.02 Å². The number of carbonyl (C=O) groups is 1. The van der Waals surface area contributed by atoms with Gasteiger partial charge in [-0.05, 0) is 60.9 Å². The summed E-state index contributed by atoms with van der Waals surface area (Å²) in [6.45, 7) is 4.43. The predicted molar refractivity (Wildman–Crippen MR) is 132 cm³/mol. The Morgan fingerprint density at radius 1 is 1.14 bits per heavy atom. The first kappa shape index (κ1) is 22.9. The van der Waals surface area contributed by atoms with E-state index in [2.05, 4.69) is 4.98 Å². The van der Waals surface area contributed by atoms with Gasteiger partial charge in [-0.2, -0.15) is 0 Å². The van der Waals surface area contributed by atoms with Crippen molar-refractivity contribution in [3.8, 4) is 11.5 Å². The van der Waals surface area contributed by atoms with Crippen molar-refractivity contribution in [3.63, 3.8) is 0 Å². The van der Waals surface area contributed by atoms with Gasteiger partial charge in [-0.3, -0.25) is 14.6 Å². The maximum absolute atomic E-state index is 13.8. The normalized spacial score (nSPS) is 14.9. The van der Waals surface area contributed by atoms with Crippen LogP contribution in [0.25, 0.3) is 11.0 Å². The van der Waals surface area contributed by atoms with Gasteiger partial charge in [-0.1, -0.05) is 23.7 Å². The maximum Gasteiger partial charge on any atom is 0.291 e. The van der Waals surface area contributed by atoms with E-state index >= 15 is 0 Å². The summed E-state index contributed by atoms with van der Waals surface area (Å²) in [5, 5.41) is 0.791. The number of ether oxygens (including phenoxy) is 2. The van der Waals surface area contributed by atoms with Crippen LogP contribution >= 0.6 is 11.6 Å². The molecule has 0 saturated carbocycles. The number of methoxy groups -OCH3 is 1. The summed E-state index contributed by atoms with van der Waals surface area (Å²) in [6.07, 6.45) is 3.36. The van der Waals surface area contributed by atoms with Gasteiger partial charge in [-0.15, -0.1) is 0 Å². The fraction of sp³-hybridized carbons (Fsp3) is 0.222. The molecule has 1 aliphatic heterocycles. The van der Waals surface area contributed by atoms with Crippen molar-refractivity contribution < 1.29 is 18.7 Å². The van der Waals surface area contributed by atoms with Crippen LogP contribution in [-0.2, 0) is 6.54 Å². The van der Waals surface area contributed by atoms with Crippen molar-refractivity contribution >= 4 is 28.5 Å². The molecule has 178 valence electrons. The van der Waals surface area contributed by atoms with E-state index in [9.17, 15) is 9.59 Å². The van der Waals surface area contributed by atoms with E-state index in [1.165, 1.54) is 0 Å². The maximum atomic E-state index is 13.8. The number of rotatable bonds is 6. The molecule has 1 aliphatic rings. The molecule has 0 fully saturated rings. The zero-order chi connectivity index (χ0) is 24.7. The van der Waals surface area contributed by atoms with Crippen LogP contribution in [0.1, 0.15) is 45.8 Å². The van der Waals surface area contributed by atoms with Gasteiger partial charge in [-0.25, -0.2) is 0 Å². The van der Waals surface area contributed by atoms with Gasteiger partial charge in [0.1, 0.15) is 5.58 Å². The van der Waals surface area contributed by atoms with E-state index in [0.29, 0.717) is 39.7 Å². The molecule has 7 nitrogen and oxygen atoms in total. The summed E-state index contributed by atoms with van der Waals surface area (Å²) in [6, 6.07) is 11.7. The molecule has 8 heteroatoms. The molecule has 2 aromatic carbocycles. The van der Waals surface area contributed by atoms with Crippen LogP contribution in [0.4, 0.5) is 0 Å². The highest BCUT2D eigenvalue weighted by atomic mass is 35.5. The lowest BCUT2D eigenvalue weighted by Crippen LogP contribution is -2.29. The lowest BCUT2D eigenvalue weighted by atomic mass is 9.97. The number of aryl methyl sites for hydroxylation is 1. The SMILES string of the molecule is CCOc1ccc(C2c3c(oc4cc(C)c(Cl)cc4c3=O)C(=O)N2Cc2cccnc2)cc1OC. The summed E-state index contributed by atoms with van der Waals surface area (Å²) in [5.74, 6) is 0.754. The second-order valence-electron chi connectivity index (χ2n) is 8.31. The van der Waals surface area contributed by atoms with Crippen molar-refractivity contribution in [1.29, 1.82) is 0 Å². The van der Waals surface area contributed by atoms with Gasteiger partial charge in [0.2, 0.25) is 5.76 Å². The molecule has 1 atom stereocenters. The predicted octanol–water partition coefficient (Wildman–Crippen LogP) is 5.30. The van der Waals surface area contributed by atoms with Crippen LogP contribution in [0.5, 0.6) is 11.5 Å². The molecule has 4 aromatic rings. The monoisotopic (exact) mass is 490 g/mol. The van der Waals surface area contributed by atoms with E-state index in [-0.39, 0.29) is 29.2 Å². The van der Waals surface area contributed by atoms with E-state index in [4.69, 9.17) is 25.5 Å². The number of halogens is 1. The van der Waals surface area contributed by atoms with Crippen molar-refractivity contribution in [3.05, 3.63) is 98.1 Å². The standard InChI is InChI=1S/C27H23ClN2O5/c1-4-34-20-8-7-17(11-22(20)33-3)24-23-25(31)18-12-19(28)15(2)10-21(18)35-26(23)27(32)30(24)14-16-6-5-9-29-13-16/h5-13,24H,4,14H2,1-3H3. The molecule has 1 unspecified atom stereocenters. The first-order valence-corrected chi connectivity index (χ1v) is 11.6. The van der Waals surface area contributed by atoms with Gasteiger partial charge in [0.05, 0.1) is 30.7 Å². The average Bonchev–Trinajstić information content (AvgIpc) is 3.13.